The molecule has 1 rings (SSSR count). The van der Waals surface area contributed by atoms with Crippen LogP contribution in [0.25, 0.3) is 0 Å². The molecule has 1 amide bonds. The quantitative estimate of drug-likeness (QED) is 0.230. The maximum absolute atomic E-state index is 12.4. The number of rotatable bonds is 17. The Kier molecular flexibility index (Phi) is 15.4. The minimum atomic E-state index is -0.646. The van der Waals surface area contributed by atoms with E-state index >= 15 is 0 Å². The van der Waals surface area contributed by atoms with Crippen LogP contribution in [0.5, 0.6) is 0 Å². The minimum Gasteiger partial charge on any atom is -0.464 e. The zero-order valence-electron chi connectivity index (χ0n) is 19.0. The Bertz CT molecular complexity index is 562. The van der Waals surface area contributed by atoms with Gasteiger partial charge in [-0.1, -0.05) is 108 Å². The van der Waals surface area contributed by atoms with E-state index in [0.29, 0.717) is 13.0 Å². The van der Waals surface area contributed by atoms with Crippen molar-refractivity contribution < 1.29 is 19.1 Å². The largest absolute Gasteiger partial charge is 0.464 e. The Hall–Kier alpha value is -2.04. The second-order valence-corrected chi connectivity index (χ2v) is 7.90. The summed E-state index contributed by atoms with van der Waals surface area (Å²) in [5.74, 6) is -0.361. The van der Waals surface area contributed by atoms with E-state index in [-0.39, 0.29) is 12.6 Å². The van der Waals surface area contributed by atoms with Crippen molar-refractivity contribution in [1.82, 2.24) is 5.32 Å². The average Bonchev–Trinajstić information content (AvgIpc) is 2.77. The highest BCUT2D eigenvalue weighted by Crippen LogP contribution is 2.10. The van der Waals surface area contributed by atoms with Crippen molar-refractivity contribution in [3.05, 3.63) is 35.9 Å². The highest BCUT2D eigenvalue weighted by Gasteiger charge is 2.22. The summed E-state index contributed by atoms with van der Waals surface area (Å²) in [4.78, 5) is 24.5. The van der Waals surface area contributed by atoms with Crippen molar-refractivity contribution in [2.24, 2.45) is 0 Å². The maximum Gasteiger partial charge on any atom is 0.408 e. The van der Waals surface area contributed by atoms with Gasteiger partial charge < -0.3 is 14.8 Å². The van der Waals surface area contributed by atoms with E-state index < -0.39 is 12.1 Å². The molecular formula is C25H41NO4. The van der Waals surface area contributed by atoms with E-state index in [4.69, 9.17) is 9.47 Å². The molecule has 5 heteroatoms. The van der Waals surface area contributed by atoms with Gasteiger partial charge in [-0.15, -0.1) is 0 Å². The van der Waals surface area contributed by atoms with Crippen LogP contribution in [0.1, 0.15) is 96.5 Å². The first-order chi connectivity index (χ1) is 14.7. The third-order valence-electron chi connectivity index (χ3n) is 5.13. The lowest BCUT2D eigenvalue weighted by atomic mass is 10.1. The molecule has 0 aromatic heterocycles. The van der Waals surface area contributed by atoms with Crippen molar-refractivity contribution in [3.63, 3.8) is 0 Å². The first-order valence-electron chi connectivity index (χ1n) is 11.8. The molecule has 170 valence electrons. The van der Waals surface area contributed by atoms with Gasteiger partial charge in [0.15, 0.2) is 0 Å². The molecule has 0 spiro atoms. The second kappa shape index (κ2) is 17.8. The molecule has 1 aromatic carbocycles. The molecule has 1 N–H and O–H groups in total. The highest BCUT2D eigenvalue weighted by atomic mass is 16.6. The topological polar surface area (TPSA) is 64.6 Å². The Balaban J connectivity index is 2.22. The van der Waals surface area contributed by atoms with Crippen LogP contribution in [0, 0.1) is 0 Å². The van der Waals surface area contributed by atoms with Gasteiger partial charge in [-0.3, -0.25) is 0 Å². The summed E-state index contributed by atoms with van der Waals surface area (Å²) in [7, 11) is 0. The lowest BCUT2D eigenvalue weighted by molar-refractivity contribution is -0.146. The predicted octanol–water partition coefficient (Wildman–Crippen LogP) is 6.55. The van der Waals surface area contributed by atoms with E-state index in [9.17, 15) is 9.59 Å². The van der Waals surface area contributed by atoms with Crippen molar-refractivity contribution >= 4 is 12.1 Å². The molecule has 0 aliphatic carbocycles. The summed E-state index contributed by atoms with van der Waals surface area (Å²) in [5.41, 5.74) is 0.908. The number of carbonyl (C=O) groups is 2. The summed E-state index contributed by atoms with van der Waals surface area (Å²) in [6.45, 7) is 4.88. The number of alkyl carbamates (subject to hydrolysis) is 1. The van der Waals surface area contributed by atoms with Gasteiger partial charge in [0.1, 0.15) is 12.6 Å². The molecule has 30 heavy (non-hydrogen) atoms. The molecule has 5 nitrogen and oxygen atoms in total. The number of unbranched alkanes of at least 4 members (excludes halogenated alkanes) is 9. The Morgan fingerprint density at radius 2 is 1.40 bits per heavy atom. The third kappa shape index (κ3) is 13.2. The first-order valence-corrected chi connectivity index (χ1v) is 11.8. The SMILES string of the molecule is CCCCCCCCCCCOC(=O)C(CCCC)NC(=O)OCc1ccccc1. The molecule has 0 heterocycles. The monoisotopic (exact) mass is 419 g/mol. The van der Waals surface area contributed by atoms with Crippen molar-refractivity contribution in [3.8, 4) is 0 Å². The van der Waals surface area contributed by atoms with E-state index in [0.717, 1.165) is 31.2 Å². The standard InChI is InChI=1S/C25H41NO4/c1-3-5-7-8-9-10-11-12-16-20-29-24(27)23(19-6-4-2)26-25(28)30-21-22-17-14-13-15-18-22/h13-15,17-18,23H,3-12,16,19-21H2,1-2H3,(H,26,28). The molecule has 0 bridgehead atoms. The lowest BCUT2D eigenvalue weighted by Crippen LogP contribution is -2.42. The van der Waals surface area contributed by atoms with Gasteiger partial charge in [0.25, 0.3) is 0 Å². The molecule has 1 atom stereocenters. The van der Waals surface area contributed by atoms with E-state index in [1.165, 1.54) is 44.9 Å². The fourth-order valence-corrected chi connectivity index (χ4v) is 3.25. The lowest BCUT2D eigenvalue weighted by Gasteiger charge is -2.17. The predicted molar refractivity (Wildman–Crippen MR) is 121 cm³/mol. The smallest absolute Gasteiger partial charge is 0.408 e. The molecule has 1 unspecified atom stereocenters. The summed E-state index contributed by atoms with van der Waals surface area (Å²) in [6.07, 6.45) is 12.8. The summed E-state index contributed by atoms with van der Waals surface area (Å²) >= 11 is 0. The van der Waals surface area contributed by atoms with Gasteiger partial charge in [-0.05, 0) is 18.4 Å². The fourth-order valence-electron chi connectivity index (χ4n) is 3.25. The van der Waals surface area contributed by atoms with Crippen LogP contribution < -0.4 is 5.32 Å². The van der Waals surface area contributed by atoms with Crippen LogP contribution in [0.2, 0.25) is 0 Å². The zero-order chi connectivity index (χ0) is 21.9. The molecular weight excluding hydrogens is 378 g/mol. The Labute approximate surface area is 182 Å². The van der Waals surface area contributed by atoms with Gasteiger partial charge in [-0.25, -0.2) is 9.59 Å². The summed E-state index contributed by atoms with van der Waals surface area (Å²) in [5, 5.41) is 2.67. The number of carbonyl (C=O) groups excluding carboxylic acids is 2. The van der Waals surface area contributed by atoms with Crippen LogP contribution >= 0.6 is 0 Å². The number of hydrogen-bond donors (Lipinski definition) is 1. The molecule has 0 aliphatic rings. The van der Waals surface area contributed by atoms with Gasteiger partial charge in [-0.2, -0.15) is 0 Å². The maximum atomic E-state index is 12.4. The number of hydrogen-bond acceptors (Lipinski definition) is 4. The van der Waals surface area contributed by atoms with E-state index in [1.807, 2.05) is 30.3 Å². The molecule has 0 aliphatic heterocycles. The fraction of sp³-hybridized carbons (Fsp3) is 0.680. The number of esters is 1. The average molecular weight is 420 g/mol. The van der Waals surface area contributed by atoms with E-state index in [1.54, 1.807) is 0 Å². The van der Waals surface area contributed by atoms with Crippen LogP contribution in [-0.2, 0) is 20.9 Å². The number of amides is 1. The zero-order valence-corrected chi connectivity index (χ0v) is 19.0. The number of ether oxygens (including phenoxy) is 2. The number of nitrogens with one attached hydrogen (secondary N) is 1. The first kappa shape index (κ1) is 26.0. The van der Waals surface area contributed by atoms with Crippen molar-refractivity contribution in [2.45, 2.75) is 104 Å². The second-order valence-electron chi connectivity index (χ2n) is 7.90. The van der Waals surface area contributed by atoms with E-state index in [2.05, 4.69) is 19.2 Å². The highest BCUT2D eigenvalue weighted by molar-refractivity contribution is 5.81. The van der Waals surface area contributed by atoms with Gasteiger partial charge >= 0.3 is 12.1 Å². The van der Waals surface area contributed by atoms with Crippen LogP contribution in [0.3, 0.4) is 0 Å². The number of benzene rings is 1. The minimum absolute atomic E-state index is 0.181. The third-order valence-corrected chi connectivity index (χ3v) is 5.13. The summed E-state index contributed by atoms with van der Waals surface area (Å²) < 4.78 is 10.7. The Morgan fingerprint density at radius 3 is 2.03 bits per heavy atom. The normalized spacial score (nSPS) is 11.7. The molecule has 0 saturated heterocycles. The van der Waals surface area contributed by atoms with Gasteiger partial charge in [0, 0.05) is 0 Å². The molecule has 0 saturated carbocycles. The molecule has 0 fully saturated rings. The van der Waals surface area contributed by atoms with Crippen LogP contribution in [0.4, 0.5) is 4.79 Å². The van der Waals surface area contributed by atoms with Gasteiger partial charge in [0.05, 0.1) is 6.61 Å². The molecule has 0 radical (unpaired) electrons. The van der Waals surface area contributed by atoms with Gasteiger partial charge in [0.2, 0.25) is 0 Å². The molecule has 1 aromatic rings. The van der Waals surface area contributed by atoms with Crippen LogP contribution in [-0.4, -0.2) is 24.7 Å². The van der Waals surface area contributed by atoms with Crippen LogP contribution in [0.15, 0.2) is 30.3 Å². The summed E-state index contributed by atoms with van der Waals surface area (Å²) in [6, 6.07) is 8.83. The Morgan fingerprint density at radius 1 is 0.800 bits per heavy atom. The van der Waals surface area contributed by atoms with Crippen molar-refractivity contribution in [2.75, 3.05) is 6.61 Å². The van der Waals surface area contributed by atoms with Crippen molar-refractivity contribution in [1.29, 1.82) is 0 Å².